The van der Waals surface area contributed by atoms with E-state index in [2.05, 4.69) is 33.8 Å². The first-order valence-corrected chi connectivity index (χ1v) is 10.0. The Balaban J connectivity index is 1.43. The average molecular weight is 396 g/mol. The van der Waals surface area contributed by atoms with Gasteiger partial charge in [0.1, 0.15) is 11.5 Å². The number of nitrogens with one attached hydrogen (secondary N) is 1. The number of hydrogen-bond acceptors (Lipinski definition) is 5. The van der Waals surface area contributed by atoms with Crippen LogP contribution in [0.3, 0.4) is 0 Å². The summed E-state index contributed by atoms with van der Waals surface area (Å²) in [7, 11) is 3.36. The van der Waals surface area contributed by atoms with Gasteiger partial charge in [0.25, 0.3) is 0 Å². The van der Waals surface area contributed by atoms with Gasteiger partial charge in [-0.25, -0.2) is 0 Å². The third-order valence-corrected chi connectivity index (χ3v) is 5.81. The van der Waals surface area contributed by atoms with E-state index >= 15 is 0 Å². The summed E-state index contributed by atoms with van der Waals surface area (Å²) in [6.45, 7) is 5.57. The largest absolute Gasteiger partial charge is 0.497 e. The lowest BCUT2D eigenvalue weighted by Crippen LogP contribution is -2.52. The van der Waals surface area contributed by atoms with Gasteiger partial charge in [-0.05, 0) is 37.3 Å². The van der Waals surface area contributed by atoms with Gasteiger partial charge in [0.15, 0.2) is 0 Å². The summed E-state index contributed by atoms with van der Waals surface area (Å²) in [5.41, 5.74) is 3.11. The van der Waals surface area contributed by atoms with Crippen molar-refractivity contribution in [2.75, 3.05) is 45.3 Å². The number of aromatic nitrogens is 1. The van der Waals surface area contributed by atoms with Gasteiger partial charge in [-0.3, -0.25) is 4.90 Å². The molecule has 3 aromatic rings. The van der Waals surface area contributed by atoms with E-state index in [9.17, 15) is 5.11 Å². The van der Waals surface area contributed by atoms with Crippen molar-refractivity contribution in [2.45, 2.75) is 19.1 Å². The Bertz CT molecular complexity index is 971. The number of anilines is 1. The van der Waals surface area contributed by atoms with Crippen LogP contribution in [0.25, 0.3) is 10.9 Å². The van der Waals surface area contributed by atoms with E-state index in [0.717, 1.165) is 47.6 Å². The highest BCUT2D eigenvalue weighted by molar-refractivity contribution is 5.85. The first-order chi connectivity index (χ1) is 14.1. The molecular formula is C23H29N3O3. The van der Waals surface area contributed by atoms with Crippen LogP contribution in [0.5, 0.6) is 11.5 Å². The minimum atomic E-state index is -0.550. The Morgan fingerprint density at radius 3 is 2.66 bits per heavy atom. The predicted octanol–water partition coefficient (Wildman–Crippen LogP) is 3.43. The van der Waals surface area contributed by atoms with Crippen LogP contribution in [-0.4, -0.2) is 61.4 Å². The maximum Gasteiger partial charge on any atom is 0.120 e. The number of piperazine rings is 1. The molecule has 6 heteroatoms. The summed E-state index contributed by atoms with van der Waals surface area (Å²) in [5.74, 6) is 1.67. The van der Waals surface area contributed by atoms with E-state index in [4.69, 9.17) is 9.47 Å². The number of aliphatic hydroxyl groups excluding tert-OH is 1. The van der Waals surface area contributed by atoms with Gasteiger partial charge in [0.05, 0.1) is 20.3 Å². The zero-order valence-corrected chi connectivity index (χ0v) is 17.3. The molecule has 0 amide bonds. The van der Waals surface area contributed by atoms with Crippen molar-refractivity contribution < 1.29 is 14.6 Å². The molecule has 2 heterocycles. The van der Waals surface area contributed by atoms with E-state index in [1.165, 1.54) is 5.69 Å². The Morgan fingerprint density at radius 1 is 1.10 bits per heavy atom. The number of β-amino-alcohol motifs (C(OH)–C–C–N with tert-alkyl or cyclic N) is 1. The second-order valence-electron chi connectivity index (χ2n) is 7.67. The molecule has 0 radical (unpaired) electrons. The minimum Gasteiger partial charge on any atom is -0.497 e. The second-order valence-corrected chi connectivity index (χ2v) is 7.67. The molecule has 1 fully saturated rings. The zero-order valence-electron chi connectivity index (χ0n) is 17.3. The highest BCUT2D eigenvalue weighted by atomic mass is 16.5. The lowest BCUT2D eigenvalue weighted by molar-refractivity contribution is 0.103. The van der Waals surface area contributed by atoms with Crippen LogP contribution in [0.15, 0.2) is 48.7 Å². The number of methoxy groups -OCH3 is 2. The minimum absolute atomic E-state index is 0.353. The lowest BCUT2D eigenvalue weighted by atomic mass is 10.1. The van der Waals surface area contributed by atoms with E-state index in [1.807, 2.05) is 36.5 Å². The van der Waals surface area contributed by atoms with Crippen LogP contribution in [0.1, 0.15) is 18.6 Å². The Hall–Kier alpha value is -2.70. The molecule has 2 N–H and O–H groups in total. The van der Waals surface area contributed by atoms with Gasteiger partial charge in [-0.1, -0.05) is 6.07 Å². The number of aliphatic hydroxyl groups is 1. The molecule has 0 unspecified atom stereocenters. The molecule has 0 saturated carbocycles. The van der Waals surface area contributed by atoms with Crippen LogP contribution >= 0.6 is 0 Å². The van der Waals surface area contributed by atoms with Gasteiger partial charge in [0.2, 0.25) is 0 Å². The van der Waals surface area contributed by atoms with Gasteiger partial charge in [0, 0.05) is 66.6 Å². The SMILES string of the molecule is COc1cccc(N2CCN(C[C@H](O)c3c[nH]c4ccc(OC)cc34)C[C@H]2C)c1. The number of benzene rings is 2. The van der Waals surface area contributed by atoms with Crippen LogP contribution < -0.4 is 14.4 Å². The topological polar surface area (TPSA) is 61.0 Å². The van der Waals surface area contributed by atoms with E-state index < -0.39 is 6.10 Å². The quantitative estimate of drug-likeness (QED) is 0.670. The molecule has 1 saturated heterocycles. The average Bonchev–Trinajstić information content (AvgIpc) is 3.17. The monoisotopic (exact) mass is 395 g/mol. The number of H-pyrrole nitrogens is 1. The van der Waals surface area contributed by atoms with Gasteiger partial charge >= 0.3 is 0 Å². The van der Waals surface area contributed by atoms with Gasteiger partial charge < -0.3 is 24.5 Å². The van der Waals surface area contributed by atoms with E-state index in [-0.39, 0.29) is 0 Å². The summed E-state index contributed by atoms with van der Waals surface area (Å²) >= 11 is 0. The van der Waals surface area contributed by atoms with Crippen molar-refractivity contribution in [1.29, 1.82) is 0 Å². The van der Waals surface area contributed by atoms with Crippen molar-refractivity contribution >= 4 is 16.6 Å². The first-order valence-electron chi connectivity index (χ1n) is 10.0. The van der Waals surface area contributed by atoms with Crippen LogP contribution in [0.4, 0.5) is 5.69 Å². The summed E-state index contributed by atoms with van der Waals surface area (Å²) in [5, 5.41) is 11.9. The van der Waals surface area contributed by atoms with E-state index in [0.29, 0.717) is 12.6 Å². The molecule has 0 spiro atoms. The summed E-state index contributed by atoms with van der Waals surface area (Å²) in [4.78, 5) is 7.99. The number of hydrogen-bond donors (Lipinski definition) is 2. The van der Waals surface area contributed by atoms with Crippen molar-refractivity contribution in [3.05, 3.63) is 54.2 Å². The Morgan fingerprint density at radius 2 is 1.90 bits per heavy atom. The molecule has 1 aliphatic heterocycles. The molecule has 4 rings (SSSR count). The Kier molecular flexibility index (Phi) is 5.65. The maximum atomic E-state index is 10.9. The summed E-state index contributed by atoms with van der Waals surface area (Å²) in [6.07, 6.45) is 1.36. The fraction of sp³-hybridized carbons (Fsp3) is 0.391. The lowest BCUT2D eigenvalue weighted by Gasteiger charge is -2.42. The molecule has 154 valence electrons. The number of nitrogens with zero attached hydrogens (tertiary/aromatic N) is 2. The first kappa shape index (κ1) is 19.6. The number of ether oxygens (including phenoxy) is 2. The van der Waals surface area contributed by atoms with Crippen molar-refractivity contribution in [3.63, 3.8) is 0 Å². The van der Waals surface area contributed by atoms with Crippen molar-refractivity contribution in [1.82, 2.24) is 9.88 Å². The standard InChI is InChI=1S/C23H29N3O3/c1-16-14-25(9-10-26(16)17-5-4-6-18(11-17)28-2)15-23(27)21-13-24-22-8-7-19(29-3)12-20(21)22/h4-8,11-13,16,23-24,27H,9-10,14-15H2,1-3H3/t16-,23+/m1/s1. The molecule has 29 heavy (non-hydrogen) atoms. The zero-order chi connectivity index (χ0) is 20.4. The second kappa shape index (κ2) is 8.35. The fourth-order valence-electron chi connectivity index (χ4n) is 4.24. The van der Waals surface area contributed by atoms with Crippen molar-refractivity contribution in [2.24, 2.45) is 0 Å². The molecule has 0 aliphatic carbocycles. The molecule has 6 nitrogen and oxygen atoms in total. The molecular weight excluding hydrogens is 366 g/mol. The molecule has 0 bridgehead atoms. The number of aromatic amines is 1. The fourth-order valence-corrected chi connectivity index (χ4v) is 4.24. The van der Waals surface area contributed by atoms with Crippen LogP contribution in [-0.2, 0) is 0 Å². The summed E-state index contributed by atoms with van der Waals surface area (Å²) < 4.78 is 10.7. The highest BCUT2D eigenvalue weighted by Crippen LogP contribution is 2.29. The van der Waals surface area contributed by atoms with E-state index in [1.54, 1.807) is 14.2 Å². The third-order valence-electron chi connectivity index (χ3n) is 5.81. The third kappa shape index (κ3) is 4.04. The highest BCUT2D eigenvalue weighted by Gasteiger charge is 2.26. The maximum absolute atomic E-state index is 10.9. The Labute approximate surface area is 171 Å². The van der Waals surface area contributed by atoms with Crippen molar-refractivity contribution in [3.8, 4) is 11.5 Å². The predicted molar refractivity (Wildman–Crippen MR) is 116 cm³/mol. The molecule has 1 aliphatic rings. The smallest absolute Gasteiger partial charge is 0.120 e. The molecule has 2 atom stereocenters. The summed E-state index contributed by atoms with van der Waals surface area (Å²) in [6, 6.07) is 14.5. The molecule has 1 aromatic heterocycles. The van der Waals surface area contributed by atoms with Gasteiger partial charge in [-0.15, -0.1) is 0 Å². The number of fused-ring (bicyclic) bond motifs is 1. The van der Waals surface area contributed by atoms with Gasteiger partial charge in [-0.2, -0.15) is 0 Å². The van der Waals surface area contributed by atoms with Crippen LogP contribution in [0, 0.1) is 0 Å². The van der Waals surface area contributed by atoms with Crippen LogP contribution in [0.2, 0.25) is 0 Å². The number of rotatable bonds is 6. The molecule has 2 aromatic carbocycles. The normalized spacial score (nSPS) is 18.8.